The maximum absolute atomic E-state index is 13.6. The second-order valence-corrected chi connectivity index (χ2v) is 10.5. The van der Waals surface area contributed by atoms with E-state index in [1.165, 1.54) is 5.56 Å². The van der Waals surface area contributed by atoms with Gasteiger partial charge in [0.1, 0.15) is 5.60 Å². The summed E-state index contributed by atoms with van der Waals surface area (Å²) in [5, 5.41) is 4.68. The van der Waals surface area contributed by atoms with Crippen LogP contribution in [0.1, 0.15) is 61.1 Å². The Morgan fingerprint density at radius 3 is 2.15 bits per heavy atom. The van der Waals surface area contributed by atoms with Crippen LogP contribution in [0.25, 0.3) is 5.69 Å². The van der Waals surface area contributed by atoms with Gasteiger partial charge in [0, 0.05) is 45.2 Å². The van der Waals surface area contributed by atoms with Gasteiger partial charge in [-0.3, -0.25) is 4.79 Å². The van der Waals surface area contributed by atoms with Gasteiger partial charge >= 0.3 is 6.09 Å². The van der Waals surface area contributed by atoms with Crippen LogP contribution in [0.5, 0.6) is 0 Å². The third kappa shape index (κ3) is 5.43. The minimum atomic E-state index is -0.514. The molecule has 0 aliphatic carbocycles. The smallest absolute Gasteiger partial charge is 0.410 e. The Balaban J connectivity index is 1.59. The van der Waals surface area contributed by atoms with Gasteiger partial charge in [0.2, 0.25) is 0 Å². The molecule has 184 valence electrons. The minimum absolute atomic E-state index is 0.0519. The van der Waals surface area contributed by atoms with Crippen LogP contribution in [0.15, 0.2) is 30.5 Å². The molecule has 8 heteroatoms. The summed E-state index contributed by atoms with van der Waals surface area (Å²) in [6, 6.07) is 8.22. The zero-order valence-corrected chi connectivity index (χ0v) is 21.1. The second-order valence-electron chi connectivity index (χ2n) is 10.5. The van der Waals surface area contributed by atoms with Gasteiger partial charge in [0.15, 0.2) is 0 Å². The SMILES string of the molecule is Cc1ccc(-n2ncc(C(=O)N3CCN(C)CC3)c2C2CCN(C(=O)OC(C)(C)C)CC2)cc1. The standard InChI is InChI=1S/C26H37N5O3/c1-19-6-8-21(9-7-19)31-23(20-10-12-30(13-11-20)25(33)34-26(2,3)4)22(18-27-31)24(32)29-16-14-28(5)15-17-29/h6-9,18,20H,10-17H2,1-5H3. The molecule has 0 unspecified atom stereocenters. The molecular weight excluding hydrogens is 430 g/mol. The Kier molecular flexibility index (Phi) is 6.98. The Bertz CT molecular complexity index is 1010. The maximum atomic E-state index is 13.6. The summed E-state index contributed by atoms with van der Waals surface area (Å²) < 4.78 is 7.49. The number of aromatic nitrogens is 2. The highest BCUT2D eigenvalue weighted by Gasteiger charge is 2.33. The third-order valence-corrected chi connectivity index (χ3v) is 6.64. The van der Waals surface area contributed by atoms with Gasteiger partial charge in [-0.15, -0.1) is 0 Å². The van der Waals surface area contributed by atoms with Crippen molar-refractivity contribution in [3.05, 3.63) is 47.3 Å². The van der Waals surface area contributed by atoms with Crippen molar-refractivity contribution in [2.24, 2.45) is 0 Å². The fraction of sp³-hybridized carbons (Fsp3) is 0.577. The number of hydrogen-bond donors (Lipinski definition) is 0. The van der Waals surface area contributed by atoms with E-state index in [2.05, 4.69) is 36.1 Å². The van der Waals surface area contributed by atoms with E-state index in [4.69, 9.17) is 4.74 Å². The molecule has 2 aliphatic rings. The molecule has 4 rings (SSSR count). The van der Waals surface area contributed by atoms with Crippen molar-refractivity contribution in [2.45, 2.75) is 52.1 Å². The molecule has 0 N–H and O–H groups in total. The Morgan fingerprint density at radius 1 is 0.941 bits per heavy atom. The molecule has 0 bridgehead atoms. The van der Waals surface area contributed by atoms with E-state index in [1.54, 1.807) is 11.1 Å². The predicted molar refractivity (Wildman–Crippen MR) is 131 cm³/mol. The van der Waals surface area contributed by atoms with Gasteiger partial charge in [-0.2, -0.15) is 5.10 Å². The van der Waals surface area contributed by atoms with E-state index in [0.717, 1.165) is 50.4 Å². The molecule has 2 aliphatic heterocycles. The monoisotopic (exact) mass is 467 g/mol. The third-order valence-electron chi connectivity index (χ3n) is 6.64. The van der Waals surface area contributed by atoms with Crippen molar-refractivity contribution in [3.8, 4) is 5.69 Å². The van der Waals surface area contributed by atoms with Crippen LogP contribution in [0.4, 0.5) is 4.79 Å². The number of ether oxygens (including phenoxy) is 1. The van der Waals surface area contributed by atoms with Crippen molar-refractivity contribution >= 4 is 12.0 Å². The molecule has 1 aromatic carbocycles. The number of hydrogen-bond acceptors (Lipinski definition) is 5. The van der Waals surface area contributed by atoms with Crippen LogP contribution in [0.3, 0.4) is 0 Å². The number of likely N-dealkylation sites (tertiary alicyclic amines) is 1. The molecule has 0 saturated carbocycles. The van der Waals surface area contributed by atoms with Gasteiger partial charge in [-0.1, -0.05) is 17.7 Å². The van der Waals surface area contributed by atoms with E-state index in [-0.39, 0.29) is 17.9 Å². The van der Waals surface area contributed by atoms with Gasteiger partial charge in [-0.05, 0) is 59.7 Å². The number of likely N-dealkylation sites (N-methyl/N-ethyl adjacent to an activating group) is 1. The molecule has 0 atom stereocenters. The number of nitrogens with zero attached hydrogens (tertiary/aromatic N) is 5. The molecule has 2 aromatic rings. The van der Waals surface area contributed by atoms with Gasteiger partial charge in [0.05, 0.1) is 23.1 Å². The van der Waals surface area contributed by atoms with Crippen molar-refractivity contribution in [2.75, 3.05) is 46.3 Å². The molecule has 3 heterocycles. The number of piperazine rings is 1. The second kappa shape index (κ2) is 9.78. The first-order valence-electron chi connectivity index (χ1n) is 12.2. The summed E-state index contributed by atoms with van der Waals surface area (Å²) in [4.78, 5) is 32.1. The van der Waals surface area contributed by atoms with Gasteiger partial charge < -0.3 is 19.4 Å². The molecule has 0 radical (unpaired) electrons. The number of carbonyl (C=O) groups is 2. The Morgan fingerprint density at radius 2 is 1.56 bits per heavy atom. The van der Waals surface area contributed by atoms with E-state index in [0.29, 0.717) is 18.7 Å². The van der Waals surface area contributed by atoms with Crippen molar-refractivity contribution in [1.29, 1.82) is 0 Å². The molecule has 0 spiro atoms. The minimum Gasteiger partial charge on any atom is -0.444 e. The molecular formula is C26H37N5O3. The van der Waals surface area contributed by atoms with Crippen LogP contribution in [-0.4, -0.2) is 88.4 Å². The molecule has 8 nitrogen and oxygen atoms in total. The number of benzene rings is 1. The lowest BCUT2D eigenvalue weighted by atomic mass is 9.90. The van der Waals surface area contributed by atoms with Gasteiger partial charge in [0.25, 0.3) is 5.91 Å². The van der Waals surface area contributed by atoms with E-state index in [9.17, 15) is 9.59 Å². The molecule has 2 amide bonds. The van der Waals surface area contributed by atoms with Crippen molar-refractivity contribution in [3.63, 3.8) is 0 Å². The van der Waals surface area contributed by atoms with Gasteiger partial charge in [-0.25, -0.2) is 9.48 Å². The molecule has 2 fully saturated rings. The van der Waals surface area contributed by atoms with E-state index in [1.807, 2.05) is 42.5 Å². The number of carbonyl (C=O) groups excluding carboxylic acids is 2. The summed E-state index contributed by atoms with van der Waals surface area (Å²) in [6.45, 7) is 12.1. The summed E-state index contributed by atoms with van der Waals surface area (Å²) in [6.07, 6.45) is 2.99. The molecule has 2 saturated heterocycles. The largest absolute Gasteiger partial charge is 0.444 e. The average Bonchev–Trinajstić information content (AvgIpc) is 3.23. The highest BCUT2D eigenvalue weighted by molar-refractivity contribution is 5.95. The first kappa shape index (κ1) is 24.3. The lowest BCUT2D eigenvalue weighted by molar-refractivity contribution is 0.0202. The Labute approximate surface area is 202 Å². The maximum Gasteiger partial charge on any atom is 0.410 e. The van der Waals surface area contributed by atoms with Crippen LogP contribution >= 0.6 is 0 Å². The zero-order valence-electron chi connectivity index (χ0n) is 21.1. The lowest BCUT2D eigenvalue weighted by Crippen LogP contribution is -2.47. The fourth-order valence-corrected chi connectivity index (χ4v) is 4.65. The topological polar surface area (TPSA) is 70.9 Å². The summed E-state index contributed by atoms with van der Waals surface area (Å²) >= 11 is 0. The number of piperidine rings is 1. The van der Waals surface area contributed by atoms with Crippen LogP contribution in [-0.2, 0) is 4.74 Å². The first-order chi connectivity index (χ1) is 16.1. The Hall–Kier alpha value is -2.87. The quantitative estimate of drug-likeness (QED) is 0.689. The van der Waals surface area contributed by atoms with Crippen LogP contribution < -0.4 is 0 Å². The van der Waals surface area contributed by atoms with Crippen molar-refractivity contribution in [1.82, 2.24) is 24.5 Å². The van der Waals surface area contributed by atoms with Crippen LogP contribution in [0, 0.1) is 6.92 Å². The molecule has 1 aromatic heterocycles. The number of rotatable bonds is 3. The van der Waals surface area contributed by atoms with Crippen molar-refractivity contribution < 1.29 is 14.3 Å². The average molecular weight is 468 g/mol. The fourth-order valence-electron chi connectivity index (χ4n) is 4.65. The summed E-state index contributed by atoms with van der Waals surface area (Å²) in [5.41, 5.74) is 3.25. The zero-order chi connectivity index (χ0) is 24.5. The summed E-state index contributed by atoms with van der Waals surface area (Å²) in [7, 11) is 2.08. The first-order valence-corrected chi connectivity index (χ1v) is 12.2. The molecule has 34 heavy (non-hydrogen) atoms. The highest BCUT2D eigenvalue weighted by atomic mass is 16.6. The number of aryl methyl sites for hydroxylation is 1. The lowest BCUT2D eigenvalue weighted by Gasteiger charge is -2.35. The predicted octanol–water partition coefficient (Wildman–Crippen LogP) is 3.68. The summed E-state index contributed by atoms with van der Waals surface area (Å²) in [5.74, 6) is 0.185. The number of amides is 2. The van der Waals surface area contributed by atoms with E-state index >= 15 is 0 Å². The highest BCUT2D eigenvalue weighted by Crippen LogP contribution is 2.33. The van der Waals surface area contributed by atoms with E-state index < -0.39 is 5.60 Å². The van der Waals surface area contributed by atoms with Crippen LogP contribution in [0.2, 0.25) is 0 Å². The normalized spacial score (nSPS) is 18.3.